The molecular weight excluding hydrogens is 532 g/mol. The number of alkyl halides is 10. The molecule has 0 atom stereocenters. The predicted molar refractivity (Wildman–Crippen MR) is 85.8 cm³/mol. The van der Waals surface area contributed by atoms with Gasteiger partial charge in [0.25, 0.3) is 0 Å². The summed E-state index contributed by atoms with van der Waals surface area (Å²) in [4.78, 5) is 3.34. The van der Waals surface area contributed by atoms with Crippen LogP contribution in [-0.4, -0.2) is 36.9 Å². The lowest BCUT2D eigenvalue weighted by atomic mass is 9.94. The minimum absolute atomic E-state index is 0.160. The van der Waals surface area contributed by atoms with Crippen molar-refractivity contribution < 1.29 is 56.5 Å². The quantitative estimate of drug-likeness (QED) is 0.182. The molecule has 0 bridgehead atoms. The molecule has 0 amide bonds. The highest BCUT2D eigenvalue weighted by Crippen LogP contribution is 2.52. The molecule has 1 rings (SSSR count). The lowest BCUT2D eigenvalue weighted by Gasteiger charge is -2.31. The van der Waals surface area contributed by atoms with Crippen molar-refractivity contribution in [2.24, 2.45) is 0 Å². The van der Waals surface area contributed by atoms with E-state index >= 15 is 0 Å². The number of hydrogen-bond donors (Lipinski definition) is 0. The third-order valence-electron chi connectivity index (χ3n) is 3.35. The molecule has 1 aromatic rings. The number of pyridine rings is 1. The first-order chi connectivity index (χ1) is 13.3. The normalized spacial score (nSPS) is 15.1. The summed E-state index contributed by atoms with van der Waals surface area (Å²) < 4.78 is 158. The van der Waals surface area contributed by atoms with Crippen LogP contribution in [0, 0.1) is 0 Å². The largest absolute Gasteiger partial charge is 0.534 e. The van der Waals surface area contributed by atoms with Gasteiger partial charge >= 0.3 is 33.6 Å². The Balaban J connectivity index is 3.97. The molecule has 1 heterocycles. The van der Waals surface area contributed by atoms with Crippen LogP contribution in [0.25, 0.3) is 5.76 Å². The Kier molecular flexibility index (Phi) is 7.51. The fraction of sp³-hybridized carbons (Fsp3) is 0.500. The van der Waals surface area contributed by atoms with Gasteiger partial charge in [0.2, 0.25) is 0 Å². The van der Waals surface area contributed by atoms with Crippen molar-refractivity contribution in [1.82, 2.24) is 4.98 Å². The molecule has 0 aromatic carbocycles. The molecule has 4 nitrogen and oxygen atoms in total. The number of aromatic nitrogens is 1. The fourth-order valence-corrected chi connectivity index (χ4v) is 2.87. The van der Waals surface area contributed by atoms with Crippen LogP contribution in [0.15, 0.2) is 28.5 Å². The summed E-state index contributed by atoms with van der Waals surface area (Å²) in [6.07, 6.45) is -7.38. The van der Waals surface area contributed by atoms with Crippen LogP contribution in [-0.2, 0) is 14.3 Å². The van der Waals surface area contributed by atoms with E-state index < -0.39 is 63.4 Å². The Bertz CT molecular complexity index is 909. The Morgan fingerprint density at radius 1 is 1.03 bits per heavy atom. The molecule has 30 heavy (non-hydrogen) atoms. The van der Waals surface area contributed by atoms with Gasteiger partial charge in [-0.25, -0.2) is 0 Å². The van der Waals surface area contributed by atoms with Gasteiger partial charge in [-0.2, -0.15) is 52.3 Å². The summed E-state index contributed by atoms with van der Waals surface area (Å²) in [5.41, 5.74) is -9.52. The monoisotopic (exact) mass is 541 g/mol. The van der Waals surface area contributed by atoms with Crippen LogP contribution < -0.4 is 0 Å². The van der Waals surface area contributed by atoms with Crippen LogP contribution in [0.4, 0.5) is 43.9 Å². The smallest absolute Gasteiger partial charge is 0.375 e. The van der Waals surface area contributed by atoms with Gasteiger partial charge in [-0.1, -0.05) is 13.3 Å². The van der Waals surface area contributed by atoms with Crippen molar-refractivity contribution in [3.05, 3.63) is 34.1 Å². The van der Waals surface area contributed by atoms with Crippen molar-refractivity contribution in [2.75, 3.05) is 0 Å². The van der Waals surface area contributed by atoms with Crippen molar-refractivity contribution >= 4 is 31.8 Å². The van der Waals surface area contributed by atoms with Gasteiger partial charge in [0.05, 0.1) is 0 Å². The second-order valence-corrected chi connectivity index (χ2v) is 8.03. The Hall–Kier alpha value is -1.58. The van der Waals surface area contributed by atoms with Crippen LogP contribution >= 0.6 is 15.9 Å². The Labute approximate surface area is 171 Å². The second-order valence-electron chi connectivity index (χ2n) is 5.58. The molecule has 1 aromatic heterocycles. The zero-order chi connectivity index (χ0) is 23.8. The van der Waals surface area contributed by atoms with Gasteiger partial charge in [0.15, 0.2) is 5.76 Å². The highest BCUT2D eigenvalue weighted by atomic mass is 79.9. The van der Waals surface area contributed by atoms with E-state index in [1.54, 1.807) is 0 Å². The molecule has 0 unspecified atom stereocenters. The maximum Gasteiger partial charge on any atom is 0.534 e. The van der Waals surface area contributed by atoms with E-state index in [-0.39, 0.29) is 4.47 Å². The molecule has 0 radical (unpaired) electrons. The van der Waals surface area contributed by atoms with Crippen molar-refractivity contribution in [1.29, 1.82) is 0 Å². The minimum Gasteiger partial charge on any atom is -0.375 e. The van der Waals surface area contributed by atoms with Crippen LogP contribution in [0.2, 0.25) is 0 Å². The first-order valence-corrected chi connectivity index (χ1v) is 9.67. The van der Waals surface area contributed by atoms with E-state index in [4.69, 9.17) is 0 Å². The molecule has 0 N–H and O–H groups in total. The Morgan fingerprint density at radius 2 is 1.57 bits per heavy atom. The zero-order valence-electron chi connectivity index (χ0n) is 14.4. The topological polar surface area (TPSA) is 56.3 Å². The molecular formula is C14H10BrF10NO3S. The lowest BCUT2D eigenvalue weighted by molar-refractivity contribution is -0.344. The van der Waals surface area contributed by atoms with Gasteiger partial charge in [0, 0.05) is 28.0 Å². The average molecular weight is 542 g/mol. The SMILES string of the molecule is CCC/C(=C(\OS(=O)(=O)C(F)(F)F)c1cncc(Br)c1)C(F)(F)C(F)(F)C(F)(F)F. The van der Waals surface area contributed by atoms with Crippen LogP contribution in [0.5, 0.6) is 0 Å². The van der Waals surface area contributed by atoms with E-state index in [0.29, 0.717) is 12.3 Å². The van der Waals surface area contributed by atoms with Gasteiger partial charge in [0.1, 0.15) is 0 Å². The Morgan fingerprint density at radius 3 is 1.97 bits per heavy atom. The summed E-state index contributed by atoms with van der Waals surface area (Å²) in [7, 11) is -6.72. The molecule has 0 fully saturated rings. The molecule has 0 aliphatic heterocycles. The first-order valence-electron chi connectivity index (χ1n) is 7.47. The van der Waals surface area contributed by atoms with Crippen molar-refractivity contribution in [3.63, 3.8) is 0 Å². The molecule has 0 spiro atoms. The molecule has 172 valence electrons. The van der Waals surface area contributed by atoms with Gasteiger partial charge in [-0.15, -0.1) is 0 Å². The second kappa shape index (κ2) is 8.51. The number of allylic oxidation sites excluding steroid dienone is 1. The molecule has 0 saturated heterocycles. The third kappa shape index (κ3) is 5.18. The number of halogens is 11. The molecule has 0 aliphatic rings. The molecule has 16 heteroatoms. The van der Waals surface area contributed by atoms with Gasteiger partial charge in [-0.05, 0) is 28.4 Å². The van der Waals surface area contributed by atoms with Crippen LogP contribution in [0.1, 0.15) is 25.3 Å². The summed E-state index contributed by atoms with van der Waals surface area (Å²) in [5, 5.41) is 0. The number of rotatable bonds is 7. The van der Waals surface area contributed by atoms with Gasteiger partial charge in [-0.3, -0.25) is 4.98 Å². The number of hydrogen-bond acceptors (Lipinski definition) is 4. The van der Waals surface area contributed by atoms with Crippen molar-refractivity contribution in [2.45, 2.75) is 43.3 Å². The molecule has 0 aliphatic carbocycles. The minimum atomic E-state index is -6.82. The number of nitrogens with zero attached hydrogens (tertiary/aromatic N) is 1. The third-order valence-corrected chi connectivity index (χ3v) is 4.73. The van der Waals surface area contributed by atoms with Crippen molar-refractivity contribution in [3.8, 4) is 0 Å². The maximum absolute atomic E-state index is 14.3. The summed E-state index contributed by atoms with van der Waals surface area (Å²) in [5.74, 6) is -15.0. The highest BCUT2D eigenvalue weighted by Gasteiger charge is 2.74. The standard InChI is InChI=1S/C14H10BrF10NO3S/c1-2-3-9(11(16,17)12(18,19)13(20,21)22)10(7-4-8(15)6-26-5-7)29-30(27,28)14(23,24)25/h4-6H,2-3H2,1H3/b10-9+. The van der Waals surface area contributed by atoms with E-state index in [1.165, 1.54) is 0 Å². The summed E-state index contributed by atoms with van der Waals surface area (Å²) in [6, 6.07) is 0.645. The maximum atomic E-state index is 14.3. The fourth-order valence-electron chi connectivity index (χ4n) is 2.00. The lowest BCUT2D eigenvalue weighted by Crippen LogP contribution is -2.53. The van der Waals surface area contributed by atoms with E-state index in [9.17, 15) is 52.3 Å². The first kappa shape index (κ1) is 26.5. The van der Waals surface area contributed by atoms with Gasteiger partial charge < -0.3 is 4.18 Å². The van der Waals surface area contributed by atoms with E-state index in [0.717, 1.165) is 13.1 Å². The predicted octanol–water partition coefficient (Wildman–Crippen LogP) is 6.05. The summed E-state index contributed by atoms with van der Waals surface area (Å²) in [6.45, 7) is 1.02. The highest BCUT2D eigenvalue weighted by molar-refractivity contribution is 9.10. The van der Waals surface area contributed by atoms with E-state index in [2.05, 4.69) is 25.1 Å². The average Bonchev–Trinajstić information content (AvgIpc) is 2.55. The van der Waals surface area contributed by atoms with Crippen LogP contribution in [0.3, 0.4) is 0 Å². The molecule has 0 saturated carbocycles. The summed E-state index contributed by atoms with van der Waals surface area (Å²) >= 11 is 2.73. The van der Waals surface area contributed by atoms with E-state index in [1.807, 2.05) is 0 Å². The zero-order valence-corrected chi connectivity index (χ0v) is 16.8.